The van der Waals surface area contributed by atoms with Crippen molar-refractivity contribution in [2.45, 2.75) is 6.42 Å². The molecule has 1 amide bonds. The predicted octanol–water partition coefficient (Wildman–Crippen LogP) is 3.72. The molecule has 0 saturated carbocycles. The molecule has 1 aromatic heterocycles. The molecule has 0 bridgehead atoms. The summed E-state index contributed by atoms with van der Waals surface area (Å²) in [5.41, 5.74) is 2.54. The molecule has 0 saturated heterocycles. The highest BCUT2D eigenvalue weighted by molar-refractivity contribution is 5.94. The van der Waals surface area contributed by atoms with E-state index in [1.54, 1.807) is 38.7 Å². The number of likely N-dealkylation sites (N-methyl/N-ethyl adjacent to an activating group) is 1. The van der Waals surface area contributed by atoms with Gasteiger partial charge in [-0.3, -0.25) is 4.79 Å². The highest BCUT2D eigenvalue weighted by Gasteiger charge is 2.11. The molecule has 0 aliphatic carbocycles. The first-order valence-corrected chi connectivity index (χ1v) is 11.7. The van der Waals surface area contributed by atoms with Gasteiger partial charge in [-0.05, 0) is 68.5 Å². The normalized spacial score (nSPS) is 10.6. The fourth-order valence-electron chi connectivity index (χ4n) is 3.52. The van der Waals surface area contributed by atoms with Gasteiger partial charge in [0.15, 0.2) is 11.5 Å². The summed E-state index contributed by atoms with van der Waals surface area (Å²) in [6.07, 6.45) is 4.14. The summed E-state index contributed by atoms with van der Waals surface area (Å²) >= 11 is 0. The lowest BCUT2D eigenvalue weighted by Crippen LogP contribution is -2.31. The molecule has 9 heteroatoms. The largest absolute Gasteiger partial charge is 0.493 e. The SMILES string of the molecule is C=CN(c1ccc(C(=O)NCCN(C)C)cc1)c1ccnc(NCCc2ccc(OC)c(OC)c2)n1. The summed E-state index contributed by atoms with van der Waals surface area (Å²) < 4.78 is 10.7. The Balaban J connectivity index is 1.62. The summed E-state index contributed by atoms with van der Waals surface area (Å²) in [5.74, 6) is 2.48. The van der Waals surface area contributed by atoms with Gasteiger partial charge in [-0.25, -0.2) is 4.98 Å². The predicted molar refractivity (Wildman–Crippen MR) is 143 cm³/mol. The van der Waals surface area contributed by atoms with Crippen molar-refractivity contribution in [2.75, 3.05) is 58.2 Å². The molecule has 190 valence electrons. The number of amides is 1. The average Bonchev–Trinajstić information content (AvgIpc) is 2.89. The van der Waals surface area contributed by atoms with Crippen LogP contribution in [0.2, 0.25) is 0 Å². The van der Waals surface area contributed by atoms with Crippen LogP contribution in [-0.4, -0.2) is 68.7 Å². The van der Waals surface area contributed by atoms with Crippen LogP contribution < -0.4 is 25.0 Å². The van der Waals surface area contributed by atoms with Gasteiger partial charge < -0.3 is 29.9 Å². The molecule has 1 heterocycles. The number of hydrogen-bond acceptors (Lipinski definition) is 8. The van der Waals surface area contributed by atoms with Crippen molar-refractivity contribution in [3.63, 3.8) is 0 Å². The second-order valence-electron chi connectivity index (χ2n) is 8.26. The fourth-order valence-corrected chi connectivity index (χ4v) is 3.52. The number of carbonyl (C=O) groups excluding carboxylic acids is 1. The molecule has 0 atom stereocenters. The third-order valence-corrected chi connectivity index (χ3v) is 5.47. The summed E-state index contributed by atoms with van der Waals surface area (Å²) in [7, 11) is 7.18. The Morgan fingerprint density at radius 1 is 1.03 bits per heavy atom. The van der Waals surface area contributed by atoms with Gasteiger partial charge >= 0.3 is 0 Å². The lowest BCUT2D eigenvalue weighted by atomic mass is 10.1. The van der Waals surface area contributed by atoms with Crippen LogP contribution >= 0.6 is 0 Å². The number of benzene rings is 2. The third kappa shape index (κ3) is 7.19. The van der Waals surface area contributed by atoms with E-state index in [0.717, 1.165) is 24.2 Å². The number of nitrogens with zero attached hydrogens (tertiary/aromatic N) is 4. The summed E-state index contributed by atoms with van der Waals surface area (Å²) in [6, 6.07) is 15.0. The first-order chi connectivity index (χ1) is 17.4. The fraction of sp³-hybridized carbons (Fsp3) is 0.296. The maximum absolute atomic E-state index is 12.4. The van der Waals surface area contributed by atoms with E-state index >= 15 is 0 Å². The van der Waals surface area contributed by atoms with E-state index in [0.29, 0.717) is 41.9 Å². The van der Waals surface area contributed by atoms with Crippen LogP contribution in [0, 0.1) is 0 Å². The monoisotopic (exact) mass is 490 g/mol. The van der Waals surface area contributed by atoms with Gasteiger partial charge in [0.05, 0.1) is 14.2 Å². The summed E-state index contributed by atoms with van der Waals surface area (Å²) in [4.78, 5) is 25.2. The molecule has 36 heavy (non-hydrogen) atoms. The lowest BCUT2D eigenvalue weighted by molar-refractivity contribution is 0.0951. The standard InChI is InChI=1S/C27H34N6O3/c1-6-33(22-10-8-21(9-11-22)26(34)28-17-18-32(2)3)25-14-16-30-27(31-25)29-15-13-20-7-12-23(35-4)24(19-20)36-5/h6-12,14,16,19H,1,13,15,17-18H2,2-5H3,(H,28,34)(H,29,30,31). The molecule has 0 unspecified atom stereocenters. The van der Waals surface area contributed by atoms with Crippen LogP contribution in [0.25, 0.3) is 0 Å². The zero-order valence-electron chi connectivity index (χ0n) is 21.3. The molecule has 0 spiro atoms. The van der Waals surface area contributed by atoms with Crippen LogP contribution in [0.4, 0.5) is 17.5 Å². The molecule has 2 N–H and O–H groups in total. The number of rotatable bonds is 13. The van der Waals surface area contributed by atoms with Crippen molar-refractivity contribution in [3.8, 4) is 11.5 Å². The number of anilines is 3. The van der Waals surface area contributed by atoms with E-state index < -0.39 is 0 Å². The summed E-state index contributed by atoms with van der Waals surface area (Å²) in [6.45, 7) is 5.95. The lowest BCUT2D eigenvalue weighted by Gasteiger charge is -2.20. The maximum Gasteiger partial charge on any atom is 0.251 e. The van der Waals surface area contributed by atoms with Crippen LogP contribution in [0.15, 0.2) is 67.5 Å². The topological polar surface area (TPSA) is 91.9 Å². The van der Waals surface area contributed by atoms with Crippen LogP contribution in [-0.2, 0) is 6.42 Å². The van der Waals surface area contributed by atoms with Crippen LogP contribution in [0.3, 0.4) is 0 Å². The molecule has 0 fully saturated rings. The van der Waals surface area contributed by atoms with E-state index in [9.17, 15) is 4.79 Å². The van der Waals surface area contributed by atoms with Gasteiger partial charge in [0.2, 0.25) is 5.95 Å². The van der Waals surface area contributed by atoms with Gasteiger partial charge in [0.1, 0.15) is 5.82 Å². The minimum Gasteiger partial charge on any atom is -0.493 e. The Morgan fingerprint density at radius 2 is 1.78 bits per heavy atom. The van der Waals surface area contributed by atoms with Crippen molar-refractivity contribution < 1.29 is 14.3 Å². The van der Waals surface area contributed by atoms with Gasteiger partial charge in [0, 0.05) is 43.3 Å². The molecule has 0 radical (unpaired) electrons. The number of methoxy groups -OCH3 is 2. The van der Waals surface area contributed by atoms with E-state index in [2.05, 4.69) is 27.2 Å². The van der Waals surface area contributed by atoms with Crippen molar-refractivity contribution in [2.24, 2.45) is 0 Å². The van der Waals surface area contributed by atoms with Crippen molar-refractivity contribution >= 4 is 23.4 Å². The molecular weight excluding hydrogens is 456 g/mol. The second kappa shape index (κ2) is 13.1. The van der Waals surface area contributed by atoms with Crippen molar-refractivity contribution in [1.82, 2.24) is 20.2 Å². The van der Waals surface area contributed by atoms with E-state index in [4.69, 9.17) is 9.47 Å². The van der Waals surface area contributed by atoms with Gasteiger partial charge in [-0.1, -0.05) is 12.6 Å². The van der Waals surface area contributed by atoms with E-state index in [-0.39, 0.29) is 5.91 Å². The Labute approximate surface area is 212 Å². The molecule has 0 aliphatic heterocycles. The zero-order chi connectivity index (χ0) is 25.9. The van der Waals surface area contributed by atoms with Gasteiger partial charge in [0.25, 0.3) is 5.91 Å². The molecule has 2 aromatic carbocycles. The highest BCUT2D eigenvalue weighted by Crippen LogP contribution is 2.28. The molecule has 3 rings (SSSR count). The average molecular weight is 491 g/mol. The van der Waals surface area contributed by atoms with E-state index in [1.165, 1.54) is 0 Å². The van der Waals surface area contributed by atoms with Gasteiger partial charge in [-0.2, -0.15) is 4.98 Å². The number of nitrogens with one attached hydrogen (secondary N) is 2. The zero-order valence-corrected chi connectivity index (χ0v) is 21.3. The minimum absolute atomic E-state index is 0.100. The Morgan fingerprint density at radius 3 is 2.44 bits per heavy atom. The Kier molecular flexibility index (Phi) is 9.64. The molecule has 3 aromatic rings. The number of aromatic nitrogens is 2. The van der Waals surface area contributed by atoms with E-state index in [1.807, 2.05) is 60.3 Å². The molecule has 0 aliphatic rings. The minimum atomic E-state index is -0.100. The first kappa shape index (κ1) is 26.5. The van der Waals surface area contributed by atoms with Crippen molar-refractivity contribution in [3.05, 3.63) is 78.6 Å². The smallest absolute Gasteiger partial charge is 0.251 e. The molecule has 9 nitrogen and oxygen atoms in total. The van der Waals surface area contributed by atoms with Crippen LogP contribution in [0.5, 0.6) is 11.5 Å². The second-order valence-corrected chi connectivity index (χ2v) is 8.26. The van der Waals surface area contributed by atoms with Crippen molar-refractivity contribution in [1.29, 1.82) is 0 Å². The number of ether oxygens (including phenoxy) is 2. The Hall–Kier alpha value is -4.11. The third-order valence-electron chi connectivity index (χ3n) is 5.47. The number of hydrogen-bond donors (Lipinski definition) is 2. The molecular formula is C27H34N6O3. The quantitative estimate of drug-likeness (QED) is 0.375. The number of carbonyl (C=O) groups is 1. The highest BCUT2D eigenvalue weighted by atomic mass is 16.5. The first-order valence-electron chi connectivity index (χ1n) is 11.7. The maximum atomic E-state index is 12.4. The van der Waals surface area contributed by atoms with Gasteiger partial charge in [-0.15, -0.1) is 0 Å². The van der Waals surface area contributed by atoms with Crippen LogP contribution in [0.1, 0.15) is 15.9 Å². The summed E-state index contributed by atoms with van der Waals surface area (Å²) in [5, 5.41) is 6.19. The Bertz CT molecular complexity index is 1150.